The van der Waals surface area contributed by atoms with Gasteiger partial charge in [0, 0.05) is 68.5 Å². The molecule has 5 nitrogen and oxygen atoms in total. The van der Waals surface area contributed by atoms with Crippen molar-refractivity contribution in [2.45, 2.75) is 31.8 Å². The van der Waals surface area contributed by atoms with Gasteiger partial charge >= 0.3 is 0 Å². The molecule has 0 saturated carbocycles. The number of anilines is 2. The maximum Gasteiger partial charge on any atom is 0.224 e. The fraction of sp³-hybridized carbons (Fsp3) is 0.387. The van der Waals surface area contributed by atoms with Crippen molar-refractivity contribution in [1.29, 1.82) is 0 Å². The number of nitrogens with one attached hydrogen (secondary N) is 1. The molecule has 0 unspecified atom stereocenters. The molecule has 2 fully saturated rings. The number of halogens is 4. The Kier molecular flexibility index (Phi) is 9.29. The zero-order valence-electron chi connectivity index (χ0n) is 22.3. The van der Waals surface area contributed by atoms with Crippen molar-refractivity contribution in [2.75, 3.05) is 49.5 Å². The van der Waals surface area contributed by atoms with Crippen molar-refractivity contribution >= 4 is 28.9 Å². The fourth-order valence-corrected chi connectivity index (χ4v) is 6.09. The lowest BCUT2D eigenvalue weighted by Crippen LogP contribution is -2.56. The molecule has 2 saturated heterocycles. The lowest BCUT2D eigenvalue weighted by atomic mass is 9.86. The van der Waals surface area contributed by atoms with E-state index in [9.17, 15) is 18.0 Å². The molecule has 0 radical (unpaired) electrons. The van der Waals surface area contributed by atoms with Crippen molar-refractivity contribution < 1.29 is 18.0 Å². The molecule has 0 aromatic heterocycles. The maximum absolute atomic E-state index is 14.4. The summed E-state index contributed by atoms with van der Waals surface area (Å²) in [6.07, 6.45) is 1.93. The topological polar surface area (TPSA) is 38.8 Å². The van der Waals surface area contributed by atoms with Crippen molar-refractivity contribution in [3.63, 3.8) is 0 Å². The van der Waals surface area contributed by atoms with E-state index in [0.29, 0.717) is 23.2 Å². The van der Waals surface area contributed by atoms with Crippen LogP contribution in [0.25, 0.3) is 0 Å². The SMILES string of the molecule is O=C(CC[C@H]1CN(Cc2ccc(Cl)cc2)CC[C@H]1N1CCN(c2ccccc2F)CC1)Nc1ccc(F)c(F)c1. The second-order valence-corrected chi connectivity index (χ2v) is 11.1. The van der Waals surface area contributed by atoms with E-state index in [0.717, 1.165) is 64.4 Å². The Bertz CT molecular complexity index is 1300. The van der Waals surface area contributed by atoms with Gasteiger partial charge in [0.25, 0.3) is 0 Å². The van der Waals surface area contributed by atoms with Crippen LogP contribution in [0.4, 0.5) is 24.5 Å². The molecule has 2 aliphatic rings. The standard InChI is InChI=1S/C31H34ClF3N4O/c32-24-8-5-22(6-9-24)20-37-14-13-29(38-15-17-39(18-16-38)30-4-2-1-3-27(30)34)23(21-37)7-12-31(40)36-25-10-11-26(33)28(35)19-25/h1-6,8-11,19,23,29H,7,12-18,20-21H2,(H,36,40)/t23-,29+/m0/s1. The molecule has 2 heterocycles. The Hall–Kier alpha value is -3.07. The van der Waals surface area contributed by atoms with Gasteiger partial charge in [0.05, 0.1) is 5.69 Å². The summed E-state index contributed by atoms with van der Waals surface area (Å²) in [5.74, 6) is -2.10. The van der Waals surface area contributed by atoms with Crippen LogP contribution in [0.1, 0.15) is 24.8 Å². The molecule has 0 bridgehead atoms. The van der Waals surface area contributed by atoms with Crippen molar-refractivity contribution in [2.24, 2.45) is 5.92 Å². The van der Waals surface area contributed by atoms with Crippen LogP contribution >= 0.6 is 11.6 Å². The highest BCUT2D eigenvalue weighted by Gasteiger charge is 2.35. The number of piperazine rings is 1. The number of carbonyl (C=O) groups is 1. The molecule has 0 aliphatic carbocycles. The van der Waals surface area contributed by atoms with Gasteiger partial charge in [-0.3, -0.25) is 14.6 Å². The lowest BCUT2D eigenvalue weighted by Gasteiger charge is -2.47. The van der Waals surface area contributed by atoms with Crippen LogP contribution in [0, 0.1) is 23.4 Å². The van der Waals surface area contributed by atoms with Gasteiger partial charge in [-0.1, -0.05) is 35.9 Å². The van der Waals surface area contributed by atoms with Gasteiger partial charge < -0.3 is 10.2 Å². The highest BCUT2D eigenvalue weighted by atomic mass is 35.5. The number of carbonyl (C=O) groups excluding carboxylic acids is 1. The molecule has 2 aliphatic heterocycles. The molecule has 0 spiro atoms. The van der Waals surface area contributed by atoms with Crippen LogP contribution in [0.15, 0.2) is 66.7 Å². The van der Waals surface area contributed by atoms with Gasteiger partial charge in [0.2, 0.25) is 5.91 Å². The van der Waals surface area contributed by atoms with Gasteiger partial charge in [-0.2, -0.15) is 0 Å². The average molecular weight is 571 g/mol. The monoisotopic (exact) mass is 570 g/mol. The van der Waals surface area contributed by atoms with Crippen LogP contribution < -0.4 is 10.2 Å². The zero-order valence-corrected chi connectivity index (χ0v) is 23.1. The van der Waals surface area contributed by atoms with Crippen molar-refractivity contribution in [3.05, 3.63) is 94.8 Å². The molecule has 9 heteroatoms. The van der Waals surface area contributed by atoms with E-state index in [1.807, 2.05) is 36.4 Å². The van der Waals surface area contributed by atoms with Gasteiger partial charge in [0.15, 0.2) is 11.6 Å². The minimum Gasteiger partial charge on any atom is -0.367 e. The summed E-state index contributed by atoms with van der Waals surface area (Å²) in [6, 6.07) is 18.5. The largest absolute Gasteiger partial charge is 0.367 e. The normalized spacial score (nSPS) is 20.4. The van der Waals surface area contributed by atoms with E-state index in [2.05, 4.69) is 20.0 Å². The van der Waals surface area contributed by atoms with E-state index >= 15 is 0 Å². The summed E-state index contributed by atoms with van der Waals surface area (Å²) < 4.78 is 41.2. The third-order valence-electron chi connectivity index (χ3n) is 8.02. The second-order valence-electron chi connectivity index (χ2n) is 10.7. The molecular weight excluding hydrogens is 537 g/mol. The first kappa shape index (κ1) is 28.5. The summed E-state index contributed by atoms with van der Waals surface area (Å²) in [7, 11) is 0. The minimum atomic E-state index is -0.988. The first-order chi connectivity index (χ1) is 19.4. The number of amides is 1. The summed E-state index contributed by atoms with van der Waals surface area (Å²) >= 11 is 6.07. The first-order valence-electron chi connectivity index (χ1n) is 13.8. The summed E-state index contributed by atoms with van der Waals surface area (Å²) in [6.45, 7) is 5.74. The molecule has 3 aromatic rings. The summed E-state index contributed by atoms with van der Waals surface area (Å²) in [5.41, 5.74) is 2.08. The molecule has 3 aromatic carbocycles. The Morgan fingerprint density at radius 2 is 1.62 bits per heavy atom. The average Bonchev–Trinajstić information content (AvgIpc) is 2.96. The smallest absolute Gasteiger partial charge is 0.224 e. The Labute approximate surface area is 238 Å². The molecule has 1 amide bonds. The zero-order chi connectivity index (χ0) is 28.1. The minimum absolute atomic E-state index is 0.198. The van der Waals surface area contributed by atoms with Gasteiger partial charge in [-0.25, -0.2) is 13.2 Å². The van der Waals surface area contributed by atoms with Gasteiger partial charge in [0.1, 0.15) is 5.82 Å². The molecule has 5 rings (SSSR count). The number of hydrogen-bond acceptors (Lipinski definition) is 4. The molecule has 212 valence electrons. The quantitative estimate of drug-likeness (QED) is 0.351. The second kappa shape index (κ2) is 13.1. The third kappa shape index (κ3) is 7.16. The van der Waals surface area contributed by atoms with Gasteiger partial charge in [-0.05, 0) is 67.3 Å². The van der Waals surface area contributed by atoms with Crippen molar-refractivity contribution in [3.8, 4) is 0 Å². The highest BCUT2D eigenvalue weighted by molar-refractivity contribution is 6.30. The number of hydrogen-bond donors (Lipinski definition) is 1. The fourth-order valence-electron chi connectivity index (χ4n) is 5.97. The summed E-state index contributed by atoms with van der Waals surface area (Å²) in [5, 5.41) is 3.41. The number of para-hydroxylation sites is 1. The highest BCUT2D eigenvalue weighted by Crippen LogP contribution is 2.30. The Balaban J connectivity index is 1.23. The molecular formula is C31H34ClF3N4O. The first-order valence-corrected chi connectivity index (χ1v) is 14.2. The van der Waals surface area contributed by atoms with Gasteiger partial charge in [-0.15, -0.1) is 0 Å². The lowest BCUT2D eigenvalue weighted by molar-refractivity contribution is -0.116. The van der Waals surface area contributed by atoms with E-state index in [-0.39, 0.29) is 29.8 Å². The van der Waals surface area contributed by atoms with E-state index in [1.165, 1.54) is 17.7 Å². The van der Waals surface area contributed by atoms with E-state index < -0.39 is 11.6 Å². The van der Waals surface area contributed by atoms with Crippen molar-refractivity contribution in [1.82, 2.24) is 9.80 Å². The predicted molar refractivity (Wildman–Crippen MR) is 153 cm³/mol. The van der Waals surface area contributed by atoms with Crippen LogP contribution in [-0.4, -0.2) is 61.0 Å². The number of piperidine rings is 1. The summed E-state index contributed by atoms with van der Waals surface area (Å²) in [4.78, 5) is 19.8. The van der Waals surface area contributed by atoms with Crippen LogP contribution in [0.5, 0.6) is 0 Å². The number of nitrogens with zero attached hydrogens (tertiary/aromatic N) is 3. The molecule has 1 N–H and O–H groups in total. The maximum atomic E-state index is 14.4. The van der Waals surface area contributed by atoms with Crippen LogP contribution in [0.2, 0.25) is 5.02 Å². The Morgan fingerprint density at radius 1 is 0.875 bits per heavy atom. The number of rotatable bonds is 8. The number of likely N-dealkylation sites (tertiary alicyclic amines) is 1. The Morgan fingerprint density at radius 3 is 2.35 bits per heavy atom. The predicted octanol–water partition coefficient (Wildman–Crippen LogP) is 6.19. The van der Waals surface area contributed by atoms with E-state index in [1.54, 1.807) is 6.07 Å². The molecule has 2 atom stereocenters. The number of benzene rings is 3. The van der Waals surface area contributed by atoms with Crippen LogP contribution in [-0.2, 0) is 11.3 Å². The molecule has 40 heavy (non-hydrogen) atoms. The van der Waals surface area contributed by atoms with Crippen LogP contribution in [0.3, 0.4) is 0 Å². The van der Waals surface area contributed by atoms with E-state index in [4.69, 9.17) is 11.6 Å². The third-order valence-corrected chi connectivity index (χ3v) is 8.27.